The normalized spacial score (nSPS) is 19.5. The van der Waals surface area contributed by atoms with E-state index in [0.717, 1.165) is 24.2 Å². The number of amides is 1. The number of hydrogen-bond donors (Lipinski definition) is 1. The summed E-state index contributed by atoms with van der Waals surface area (Å²) in [5.74, 6) is -0.193. The summed E-state index contributed by atoms with van der Waals surface area (Å²) in [6, 6.07) is 6.98. The van der Waals surface area contributed by atoms with E-state index in [1.165, 1.54) is 4.90 Å². The lowest BCUT2D eigenvalue weighted by molar-refractivity contribution is -0.152. The van der Waals surface area contributed by atoms with Crippen LogP contribution in [-0.4, -0.2) is 41.6 Å². The highest BCUT2D eigenvalue weighted by Gasteiger charge is 2.32. The number of benzene rings is 1. The van der Waals surface area contributed by atoms with Gasteiger partial charge in [-0.3, -0.25) is 4.79 Å². The second kappa shape index (κ2) is 7.29. The molecule has 0 spiro atoms. The maximum absolute atomic E-state index is 12.5. The van der Waals surface area contributed by atoms with Gasteiger partial charge in [-0.05, 0) is 42.9 Å². The second-order valence-corrected chi connectivity index (χ2v) is 5.82. The molecule has 1 amide bonds. The van der Waals surface area contributed by atoms with Gasteiger partial charge in [0.15, 0.2) is 0 Å². The smallest absolute Gasteiger partial charge is 0.326 e. The minimum atomic E-state index is -0.901. The highest BCUT2D eigenvalue weighted by atomic mass is 16.5. The van der Waals surface area contributed by atoms with Crippen LogP contribution in [-0.2, 0) is 9.59 Å². The number of carbonyl (C=O) groups excluding carboxylic acids is 1. The number of carboxylic acid groups (broad SMARTS) is 1. The van der Waals surface area contributed by atoms with Gasteiger partial charge < -0.3 is 14.7 Å². The van der Waals surface area contributed by atoms with Crippen molar-refractivity contribution >= 4 is 11.9 Å². The molecule has 5 nitrogen and oxygen atoms in total. The molecule has 0 radical (unpaired) electrons. The summed E-state index contributed by atoms with van der Waals surface area (Å²) in [6.45, 7) is 2.52. The predicted molar refractivity (Wildman–Crippen MR) is 83.0 cm³/mol. The molecule has 0 aromatic heterocycles. The van der Waals surface area contributed by atoms with Crippen molar-refractivity contribution in [3.05, 3.63) is 29.8 Å². The summed E-state index contributed by atoms with van der Waals surface area (Å²) >= 11 is 0. The first-order valence-corrected chi connectivity index (χ1v) is 7.69. The van der Waals surface area contributed by atoms with Crippen LogP contribution in [0.1, 0.15) is 44.1 Å². The van der Waals surface area contributed by atoms with Crippen LogP contribution in [0.25, 0.3) is 0 Å². The number of ether oxygens (including phenoxy) is 1. The predicted octanol–water partition coefficient (Wildman–Crippen LogP) is 2.65. The van der Waals surface area contributed by atoms with E-state index in [4.69, 9.17) is 4.74 Å². The molecule has 2 unspecified atom stereocenters. The van der Waals surface area contributed by atoms with Crippen molar-refractivity contribution < 1.29 is 19.4 Å². The third kappa shape index (κ3) is 3.78. The van der Waals surface area contributed by atoms with E-state index in [9.17, 15) is 14.7 Å². The Morgan fingerprint density at radius 3 is 2.86 bits per heavy atom. The van der Waals surface area contributed by atoms with E-state index in [1.807, 2.05) is 31.2 Å². The number of likely N-dealkylation sites (tertiary alicyclic amines) is 1. The second-order valence-electron chi connectivity index (χ2n) is 5.82. The Hall–Kier alpha value is -2.04. The molecule has 1 fully saturated rings. The Morgan fingerprint density at radius 2 is 2.18 bits per heavy atom. The van der Waals surface area contributed by atoms with Gasteiger partial charge in [0, 0.05) is 13.0 Å². The van der Waals surface area contributed by atoms with Crippen LogP contribution in [0.2, 0.25) is 0 Å². The minimum Gasteiger partial charge on any atom is -0.497 e. The number of hydrogen-bond acceptors (Lipinski definition) is 3. The summed E-state index contributed by atoms with van der Waals surface area (Å²) in [6.07, 6.45) is 2.61. The third-order valence-electron chi connectivity index (χ3n) is 4.25. The van der Waals surface area contributed by atoms with Crippen LogP contribution in [0.3, 0.4) is 0 Å². The fraction of sp³-hybridized carbons (Fsp3) is 0.529. The lowest BCUT2D eigenvalue weighted by atomic mass is 9.95. The Morgan fingerprint density at radius 1 is 1.41 bits per heavy atom. The zero-order valence-corrected chi connectivity index (χ0v) is 13.1. The fourth-order valence-electron chi connectivity index (χ4n) is 2.93. The number of carbonyl (C=O) groups is 2. The molecule has 0 aliphatic carbocycles. The minimum absolute atomic E-state index is 0.0268. The molecule has 1 saturated heterocycles. The van der Waals surface area contributed by atoms with Crippen molar-refractivity contribution in [2.24, 2.45) is 0 Å². The largest absolute Gasteiger partial charge is 0.497 e. The standard InChI is InChI=1S/C17H23NO4/c1-12(13-6-5-7-14(11-13)22-2)10-16(19)18-9-4-3-8-15(18)17(20)21/h5-7,11-12,15H,3-4,8-10H2,1-2H3,(H,20,21). The number of nitrogens with zero attached hydrogens (tertiary/aromatic N) is 1. The van der Waals surface area contributed by atoms with Crippen molar-refractivity contribution in [1.29, 1.82) is 0 Å². The van der Waals surface area contributed by atoms with Crippen LogP contribution in [0.4, 0.5) is 0 Å². The first-order chi connectivity index (χ1) is 10.5. The molecular formula is C17H23NO4. The maximum atomic E-state index is 12.5. The van der Waals surface area contributed by atoms with E-state index >= 15 is 0 Å². The highest BCUT2D eigenvalue weighted by molar-refractivity contribution is 5.84. The number of piperidine rings is 1. The van der Waals surface area contributed by atoms with Crippen molar-refractivity contribution in [3.8, 4) is 5.75 Å². The van der Waals surface area contributed by atoms with Crippen molar-refractivity contribution in [2.75, 3.05) is 13.7 Å². The Kier molecular flexibility index (Phi) is 5.41. The molecule has 5 heteroatoms. The van der Waals surface area contributed by atoms with Crippen LogP contribution >= 0.6 is 0 Å². The molecule has 1 aromatic rings. The van der Waals surface area contributed by atoms with E-state index in [-0.39, 0.29) is 11.8 Å². The summed E-state index contributed by atoms with van der Waals surface area (Å²) < 4.78 is 5.20. The van der Waals surface area contributed by atoms with E-state index in [0.29, 0.717) is 19.4 Å². The number of rotatable bonds is 5. The van der Waals surface area contributed by atoms with Crippen molar-refractivity contribution in [1.82, 2.24) is 4.90 Å². The molecular weight excluding hydrogens is 282 g/mol. The molecule has 120 valence electrons. The van der Waals surface area contributed by atoms with Crippen molar-refractivity contribution in [2.45, 2.75) is 44.6 Å². The zero-order valence-electron chi connectivity index (χ0n) is 13.1. The molecule has 2 rings (SSSR count). The van der Waals surface area contributed by atoms with Crippen LogP contribution < -0.4 is 4.74 Å². The van der Waals surface area contributed by atoms with Gasteiger partial charge in [0.25, 0.3) is 0 Å². The number of methoxy groups -OCH3 is 1. The van der Waals surface area contributed by atoms with Crippen LogP contribution in [0.15, 0.2) is 24.3 Å². The monoisotopic (exact) mass is 305 g/mol. The fourth-order valence-corrected chi connectivity index (χ4v) is 2.93. The van der Waals surface area contributed by atoms with Gasteiger partial charge in [0.2, 0.25) is 5.91 Å². The van der Waals surface area contributed by atoms with E-state index in [1.54, 1.807) is 7.11 Å². The Balaban J connectivity index is 2.04. The summed E-state index contributed by atoms with van der Waals surface area (Å²) in [5.41, 5.74) is 1.02. The first kappa shape index (κ1) is 16.3. The van der Waals surface area contributed by atoms with Gasteiger partial charge in [-0.15, -0.1) is 0 Å². The highest BCUT2D eigenvalue weighted by Crippen LogP contribution is 2.26. The van der Waals surface area contributed by atoms with Gasteiger partial charge in [0.1, 0.15) is 11.8 Å². The van der Waals surface area contributed by atoms with Crippen molar-refractivity contribution in [3.63, 3.8) is 0 Å². The number of carboxylic acids is 1. The molecule has 0 saturated carbocycles. The summed E-state index contributed by atoms with van der Waals surface area (Å²) in [5, 5.41) is 9.27. The van der Waals surface area contributed by atoms with Crippen LogP contribution in [0.5, 0.6) is 5.75 Å². The lowest BCUT2D eigenvalue weighted by Crippen LogP contribution is -2.48. The number of aliphatic carboxylic acids is 1. The Bertz CT molecular complexity index is 543. The zero-order chi connectivity index (χ0) is 16.1. The summed E-state index contributed by atoms with van der Waals surface area (Å²) in [4.78, 5) is 25.3. The summed E-state index contributed by atoms with van der Waals surface area (Å²) in [7, 11) is 1.61. The van der Waals surface area contributed by atoms with Gasteiger partial charge in [0.05, 0.1) is 7.11 Å². The van der Waals surface area contributed by atoms with Crippen LogP contribution in [0, 0.1) is 0 Å². The molecule has 1 aliphatic rings. The van der Waals surface area contributed by atoms with Gasteiger partial charge >= 0.3 is 5.97 Å². The maximum Gasteiger partial charge on any atom is 0.326 e. The Labute approximate surface area is 130 Å². The average molecular weight is 305 g/mol. The molecule has 1 N–H and O–H groups in total. The topological polar surface area (TPSA) is 66.8 Å². The molecule has 1 aromatic carbocycles. The molecule has 1 aliphatic heterocycles. The molecule has 1 heterocycles. The molecule has 22 heavy (non-hydrogen) atoms. The van der Waals surface area contributed by atoms with Gasteiger partial charge in [-0.25, -0.2) is 4.79 Å². The average Bonchev–Trinajstić information content (AvgIpc) is 2.54. The molecule has 0 bridgehead atoms. The quantitative estimate of drug-likeness (QED) is 0.908. The van der Waals surface area contributed by atoms with Gasteiger partial charge in [-0.1, -0.05) is 19.1 Å². The van der Waals surface area contributed by atoms with E-state index < -0.39 is 12.0 Å². The first-order valence-electron chi connectivity index (χ1n) is 7.69. The van der Waals surface area contributed by atoms with E-state index in [2.05, 4.69) is 0 Å². The molecule has 2 atom stereocenters. The lowest BCUT2D eigenvalue weighted by Gasteiger charge is -2.33. The third-order valence-corrected chi connectivity index (χ3v) is 4.25. The van der Waals surface area contributed by atoms with Gasteiger partial charge in [-0.2, -0.15) is 0 Å². The SMILES string of the molecule is COc1cccc(C(C)CC(=O)N2CCCCC2C(=O)O)c1.